The molecule has 2 radical (unpaired) electrons. The summed E-state index contributed by atoms with van der Waals surface area (Å²) in [6.07, 6.45) is 4.20. The molecule has 1 saturated heterocycles. The largest absolute Gasteiger partial charge is 0.474 e. The number of piperidine rings is 1. The van der Waals surface area contributed by atoms with Crippen LogP contribution < -0.4 is 15.5 Å². The number of rotatable bonds is 3. The average Bonchev–Trinajstić information content (AvgIpc) is 2.33. The fourth-order valence-corrected chi connectivity index (χ4v) is 2.06. The van der Waals surface area contributed by atoms with E-state index < -0.39 is 0 Å². The van der Waals surface area contributed by atoms with Crippen molar-refractivity contribution in [2.24, 2.45) is 5.92 Å². The number of nitrogens with zero attached hydrogens (tertiary/aromatic N) is 1. The molecule has 0 aliphatic carbocycles. The van der Waals surface area contributed by atoms with E-state index in [-0.39, 0.29) is 6.10 Å². The zero-order valence-electron chi connectivity index (χ0n) is 9.65. The maximum Gasteiger partial charge on any atom is 0.213 e. The molecule has 2 heterocycles. The average molecular weight is 216 g/mol. The Bertz CT molecular complexity index is 322. The first kappa shape index (κ1) is 11.5. The third-order valence-corrected chi connectivity index (χ3v) is 3.11. The molecule has 3 nitrogen and oxygen atoms in total. The minimum Gasteiger partial charge on any atom is -0.474 e. The second-order valence-electron chi connectivity index (χ2n) is 4.34. The van der Waals surface area contributed by atoms with E-state index in [1.54, 1.807) is 6.20 Å². The van der Waals surface area contributed by atoms with Crippen LogP contribution in [0.25, 0.3) is 0 Å². The Kier molecular flexibility index (Phi) is 3.83. The van der Waals surface area contributed by atoms with Crippen LogP contribution in [0.2, 0.25) is 0 Å². The second kappa shape index (κ2) is 5.35. The van der Waals surface area contributed by atoms with Crippen molar-refractivity contribution in [3.63, 3.8) is 0 Å². The van der Waals surface area contributed by atoms with Crippen LogP contribution in [0.1, 0.15) is 19.8 Å². The minimum atomic E-state index is 0.221. The number of ether oxygens (including phenoxy) is 1. The highest BCUT2D eigenvalue weighted by molar-refractivity contribution is 6.32. The van der Waals surface area contributed by atoms with Crippen LogP contribution in [-0.4, -0.2) is 32.0 Å². The van der Waals surface area contributed by atoms with Gasteiger partial charge in [0.15, 0.2) is 0 Å². The molecule has 1 aliphatic heterocycles. The number of aromatic nitrogens is 1. The molecule has 0 amide bonds. The van der Waals surface area contributed by atoms with Crippen LogP contribution in [-0.2, 0) is 0 Å². The molecule has 1 atom stereocenters. The molecule has 16 heavy (non-hydrogen) atoms. The predicted octanol–water partition coefficient (Wildman–Crippen LogP) is 0.642. The molecule has 1 aromatic heterocycles. The standard InChI is InChI=1S/C12H17BN2O/c1-9(10-4-6-14-7-5-10)16-12-3-2-11(13)8-15-12/h2-3,8-10,14H,4-7H2,1H3. The molecule has 1 unspecified atom stereocenters. The van der Waals surface area contributed by atoms with E-state index in [4.69, 9.17) is 12.6 Å². The van der Waals surface area contributed by atoms with E-state index in [0.717, 1.165) is 13.1 Å². The van der Waals surface area contributed by atoms with E-state index >= 15 is 0 Å². The predicted molar refractivity (Wildman–Crippen MR) is 65.3 cm³/mol. The molecular formula is C12H17BN2O. The maximum atomic E-state index is 5.81. The lowest BCUT2D eigenvalue weighted by molar-refractivity contribution is 0.123. The highest BCUT2D eigenvalue weighted by Crippen LogP contribution is 2.20. The van der Waals surface area contributed by atoms with Gasteiger partial charge < -0.3 is 10.1 Å². The van der Waals surface area contributed by atoms with Gasteiger partial charge in [-0.05, 0) is 44.8 Å². The monoisotopic (exact) mass is 216 g/mol. The summed E-state index contributed by atoms with van der Waals surface area (Å²) in [5.41, 5.74) is 0.668. The van der Waals surface area contributed by atoms with Gasteiger partial charge >= 0.3 is 0 Å². The molecule has 1 aromatic rings. The quantitative estimate of drug-likeness (QED) is 0.753. The van der Waals surface area contributed by atoms with Crippen molar-refractivity contribution < 1.29 is 4.74 Å². The van der Waals surface area contributed by atoms with Crippen LogP contribution in [0.4, 0.5) is 0 Å². The van der Waals surface area contributed by atoms with Gasteiger partial charge in [-0.2, -0.15) is 0 Å². The molecule has 0 saturated carbocycles. The Hall–Kier alpha value is -1.03. The lowest BCUT2D eigenvalue weighted by Gasteiger charge is -2.28. The molecular weight excluding hydrogens is 199 g/mol. The summed E-state index contributed by atoms with van der Waals surface area (Å²) in [6, 6.07) is 3.64. The summed E-state index contributed by atoms with van der Waals surface area (Å²) >= 11 is 0. The molecule has 0 aromatic carbocycles. The lowest BCUT2D eigenvalue weighted by atomic mass is 9.93. The van der Waals surface area contributed by atoms with Crippen molar-refractivity contribution >= 4 is 13.3 Å². The summed E-state index contributed by atoms with van der Waals surface area (Å²) in [6.45, 7) is 4.30. The van der Waals surface area contributed by atoms with Gasteiger partial charge in [0.25, 0.3) is 0 Å². The van der Waals surface area contributed by atoms with E-state index in [9.17, 15) is 0 Å². The molecule has 1 fully saturated rings. The van der Waals surface area contributed by atoms with Crippen molar-refractivity contribution in [3.05, 3.63) is 18.3 Å². The Balaban J connectivity index is 1.90. The molecule has 2 rings (SSSR count). The highest BCUT2D eigenvalue weighted by atomic mass is 16.5. The van der Waals surface area contributed by atoms with Crippen molar-refractivity contribution in [1.29, 1.82) is 0 Å². The molecule has 0 bridgehead atoms. The smallest absolute Gasteiger partial charge is 0.213 e. The highest BCUT2D eigenvalue weighted by Gasteiger charge is 2.21. The van der Waals surface area contributed by atoms with E-state index in [1.807, 2.05) is 12.1 Å². The van der Waals surface area contributed by atoms with Gasteiger partial charge in [0, 0.05) is 6.20 Å². The summed E-state index contributed by atoms with van der Waals surface area (Å²) in [5.74, 6) is 1.29. The Morgan fingerprint density at radius 1 is 1.44 bits per heavy atom. The topological polar surface area (TPSA) is 34.1 Å². The molecule has 84 valence electrons. The summed E-state index contributed by atoms with van der Waals surface area (Å²) in [7, 11) is 5.57. The molecule has 0 spiro atoms. The number of nitrogens with one attached hydrogen (secondary N) is 1. The van der Waals surface area contributed by atoms with Gasteiger partial charge in [0.05, 0.1) is 0 Å². The van der Waals surface area contributed by atoms with Crippen LogP contribution in [0.5, 0.6) is 5.88 Å². The Labute approximate surface area is 98.0 Å². The summed E-state index contributed by atoms with van der Waals surface area (Å²) < 4.78 is 5.81. The third kappa shape index (κ3) is 2.98. The Morgan fingerprint density at radius 2 is 2.19 bits per heavy atom. The molecule has 4 heteroatoms. The fraction of sp³-hybridized carbons (Fsp3) is 0.583. The van der Waals surface area contributed by atoms with Gasteiger partial charge in [-0.25, -0.2) is 4.98 Å². The van der Waals surface area contributed by atoms with Crippen molar-refractivity contribution in [3.8, 4) is 5.88 Å². The van der Waals surface area contributed by atoms with E-state index in [1.165, 1.54) is 12.8 Å². The molecule has 1 aliphatic rings. The van der Waals surface area contributed by atoms with E-state index in [0.29, 0.717) is 17.3 Å². The van der Waals surface area contributed by atoms with Crippen molar-refractivity contribution in [2.45, 2.75) is 25.9 Å². The minimum absolute atomic E-state index is 0.221. The van der Waals surface area contributed by atoms with Gasteiger partial charge in [-0.3, -0.25) is 0 Å². The normalized spacial score (nSPS) is 19.3. The van der Waals surface area contributed by atoms with Crippen molar-refractivity contribution in [2.75, 3.05) is 13.1 Å². The lowest BCUT2D eigenvalue weighted by Crippen LogP contribution is -2.35. The number of hydrogen-bond acceptors (Lipinski definition) is 3. The zero-order valence-corrected chi connectivity index (χ0v) is 9.65. The fourth-order valence-electron chi connectivity index (χ4n) is 2.06. The SMILES string of the molecule is [B]c1ccc(OC(C)C2CCNCC2)nc1. The number of hydrogen-bond donors (Lipinski definition) is 1. The van der Waals surface area contributed by atoms with Crippen LogP contribution >= 0.6 is 0 Å². The van der Waals surface area contributed by atoms with Gasteiger partial charge in [-0.1, -0.05) is 11.5 Å². The zero-order chi connectivity index (χ0) is 11.4. The van der Waals surface area contributed by atoms with Crippen LogP contribution in [0.3, 0.4) is 0 Å². The van der Waals surface area contributed by atoms with Crippen LogP contribution in [0.15, 0.2) is 18.3 Å². The third-order valence-electron chi connectivity index (χ3n) is 3.11. The first-order chi connectivity index (χ1) is 7.75. The summed E-state index contributed by atoms with van der Waals surface area (Å²) in [4.78, 5) is 4.15. The second-order valence-corrected chi connectivity index (χ2v) is 4.34. The maximum absolute atomic E-state index is 5.81. The van der Waals surface area contributed by atoms with Crippen molar-refractivity contribution in [1.82, 2.24) is 10.3 Å². The number of pyridine rings is 1. The van der Waals surface area contributed by atoms with E-state index in [2.05, 4.69) is 17.2 Å². The molecule has 1 N–H and O–H groups in total. The van der Waals surface area contributed by atoms with Crippen LogP contribution in [0, 0.1) is 5.92 Å². The summed E-state index contributed by atoms with van der Waals surface area (Å²) in [5, 5.41) is 3.35. The van der Waals surface area contributed by atoms with Gasteiger partial charge in [-0.15, -0.1) is 0 Å². The van der Waals surface area contributed by atoms with Gasteiger partial charge in [0.1, 0.15) is 14.0 Å². The Morgan fingerprint density at radius 3 is 2.81 bits per heavy atom. The first-order valence-corrected chi connectivity index (χ1v) is 5.84. The van der Waals surface area contributed by atoms with Gasteiger partial charge in [0.2, 0.25) is 5.88 Å². The first-order valence-electron chi connectivity index (χ1n) is 5.84.